The maximum absolute atomic E-state index is 13.1. The van der Waals surface area contributed by atoms with Crippen molar-refractivity contribution in [2.24, 2.45) is 0 Å². The van der Waals surface area contributed by atoms with E-state index in [1.54, 1.807) is 18.0 Å². The number of piperidine rings is 1. The minimum atomic E-state index is -1.74. The van der Waals surface area contributed by atoms with E-state index in [0.717, 1.165) is 61.0 Å². The summed E-state index contributed by atoms with van der Waals surface area (Å²) < 4.78 is 12.3. The van der Waals surface area contributed by atoms with Crippen molar-refractivity contribution in [1.82, 2.24) is 9.80 Å². The predicted octanol–water partition coefficient (Wildman–Crippen LogP) is 2.96. The summed E-state index contributed by atoms with van der Waals surface area (Å²) in [6.45, 7) is 9.95. The second-order valence-corrected chi connectivity index (χ2v) is 14.7. The lowest BCUT2D eigenvalue weighted by molar-refractivity contribution is -0.348. The molecule has 0 aromatic heterocycles. The van der Waals surface area contributed by atoms with Crippen LogP contribution in [0.2, 0.25) is 0 Å². The Hall–Kier alpha value is -2.86. The molecule has 0 aliphatic carbocycles. The fourth-order valence-corrected chi connectivity index (χ4v) is 7.16. The highest BCUT2D eigenvalue weighted by Crippen LogP contribution is 2.53. The van der Waals surface area contributed by atoms with Gasteiger partial charge in [0.05, 0.1) is 12.2 Å². The molecule has 5 atom stereocenters. The summed E-state index contributed by atoms with van der Waals surface area (Å²) in [6, 6.07) is 13.8. The molecule has 10 nitrogen and oxygen atoms in total. The van der Waals surface area contributed by atoms with Gasteiger partial charge >= 0.3 is 0 Å². The first-order chi connectivity index (χ1) is 22.0. The monoisotopic (exact) mass is 652 g/mol. The summed E-state index contributed by atoms with van der Waals surface area (Å²) in [5, 5.41) is 43.5. The third-order valence-corrected chi connectivity index (χ3v) is 10.8. The van der Waals surface area contributed by atoms with E-state index in [-0.39, 0.29) is 18.4 Å². The van der Waals surface area contributed by atoms with Gasteiger partial charge in [-0.25, -0.2) is 0 Å². The van der Waals surface area contributed by atoms with Crippen LogP contribution in [0.4, 0.5) is 0 Å². The van der Waals surface area contributed by atoms with Gasteiger partial charge in [0, 0.05) is 32.1 Å². The van der Waals surface area contributed by atoms with Crippen LogP contribution >= 0.6 is 0 Å². The van der Waals surface area contributed by atoms with Crippen LogP contribution in [0.15, 0.2) is 42.5 Å². The van der Waals surface area contributed by atoms with Crippen molar-refractivity contribution in [3.05, 3.63) is 70.3 Å². The first kappa shape index (κ1) is 35.4. The van der Waals surface area contributed by atoms with Gasteiger partial charge in [-0.2, -0.15) is 0 Å². The summed E-state index contributed by atoms with van der Waals surface area (Å²) in [5.74, 6) is -1.76. The minimum absolute atomic E-state index is 0.0147. The molecule has 0 spiro atoms. The van der Waals surface area contributed by atoms with Crippen molar-refractivity contribution in [2.45, 2.75) is 120 Å². The second-order valence-electron chi connectivity index (χ2n) is 14.7. The predicted molar refractivity (Wildman–Crippen MR) is 176 cm³/mol. The molecular weight excluding hydrogens is 600 g/mol. The lowest BCUT2D eigenvalue weighted by atomic mass is 9.75. The number of rotatable bonds is 10. The molecule has 2 aromatic carbocycles. The molecule has 2 bridgehead atoms. The van der Waals surface area contributed by atoms with Crippen LogP contribution in [0.3, 0.4) is 0 Å². The highest BCUT2D eigenvalue weighted by atomic mass is 16.8. The van der Waals surface area contributed by atoms with E-state index >= 15 is 0 Å². The number of hydrogen-bond donors (Lipinski definition) is 4. The molecule has 0 unspecified atom stereocenters. The number of hydrogen-bond acceptors (Lipinski definition) is 8. The van der Waals surface area contributed by atoms with Crippen molar-refractivity contribution in [2.75, 3.05) is 26.7 Å². The lowest BCUT2D eigenvalue weighted by Gasteiger charge is -2.50. The van der Waals surface area contributed by atoms with Gasteiger partial charge in [0.25, 0.3) is 0 Å². The zero-order valence-electron chi connectivity index (χ0n) is 28.7. The van der Waals surface area contributed by atoms with E-state index in [9.17, 15) is 30.0 Å². The van der Waals surface area contributed by atoms with E-state index in [4.69, 9.17) is 9.47 Å². The van der Waals surface area contributed by atoms with Crippen LogP contribution < -0.4 is 0 Å². The number of aliphatic hydroxyl groups excluding tert-OH is 3. The van der Waals surface area contributed by atoms with E-state index in [0.29, 0.717) is 24.8 Å². The molecule has 3 saturated heterocycles. The van der Waals surface area contributed by atoms with Crippen molar-refractivity contribution in [3.8, 4) is 0 Å². The van der Waals surface area contributed by atoms with Crippen molar-refractivity contribution in [1.29, 1.82) is 0 Å². The Morgan fingerprint density at radius 2 is 1.60 bits per heavy atom. The molecule has 10 heteroatoms. The Morgan fingerprint density at radius 1 is 0.957 bits per heavy atom. The third kappa shape index (κ3) is 6.48. The number of nitrogens with zero attached hydrogens (tertiary/aromatic N) is 2. The molecule has 258 valence electrons. The number of aryl methyl sites for hydroxylation is 2. The fourth-order valence-electron chi connectivity index (χ4n) is 7.16. The van der Waals surface area contributed by atoms with Crippen molar-refractivity contribution < 1.29 is 39.5 Å². The van der Waals surface area contributed by atoms with Gasteiger partial charge in [-0.05, 0) is 101 Å². The minimum Gasteiger partial charge on any atom is -0.387 e. The van der Waals surface area contributed by atoms with E-state index in [1.165, 1.54) is 13.8 Å². The topological polar surface area (TPSA) is 140 Å². The number of fused-ring (bicyclic) bond motifs is 2. The molecule has 3 aliphatic heterocycles. The highest BCUT2D eigenvalue weighted by Gasteiger charge is 2.71. The van der Waals surface area contributed by atoms with Crippen molar-refractivity contribution >= 4 is 11.8 Å². The average Bonchev–Trinajstić information content (AvgIpc) is 3.45. The van der Waals surface area contributed by atoms with Crippen LogP contribution in [0.5, 0.6) is 0 Å². The zero-order valence-corrected chi connectivity index (χ0v) is 28.7. The molecular formula is C37H52N2O8. The molecule has 5 rings (SSSR count). The van der Waals surface area contributed by atoms with E-state index in [2.05, 4.69) is 24.3 Å². The first-order valence-electron chi connectivity index (χ1n) is 16.9. The maximum Gasteiger partial charge on any atom is 0.247 e. The molecule has 3 fully saturated rings. The van der Waals surface area contributed by atoms with Gasteiger partial charge in [0.1, 0.15) is 23.9 Å². The van der Waals surface area contributed by atoms with Crippen LogP contribution in [-0.2, 0) is 37.7 Å². The number of aliphatic hydroxyl groups is 4. The van der Waals surface area contributed by atoms with Crippen LogP contribution in [0.25, 0.3) is 0 Å². The quantitative estimate of drug-likeness (QED) is 0.307. The molecule has 47 heavy (non-hydrogen) atoms. The second kappa shape index (κ2) is 13.2. The van der Waals surface area contributed by atoms with E-state index in [1.807, 2.05) is 37.8 Å². The van der Waals surface area contributed by atoms with Gasteiger partial charge in [-0.1, -0.05) is 36.4 Å². The number of ether oxygens (including phenoxy) is 2. The number of carbonyl (C=O) groups is 2. The largest absolute Gasteiger partial charge is 0.387 e. The molecule has 2 amide bonds. The number of carbonyl (C=O) groups excluding carboxylic acids is 2. The van der Waals surface area contributed by atoms with Crippen LogP contribution in [0, 0.1) is 6.92 Å². The highest BCUT2D eigenvalue weighted by molar-refractivity contribution is 5.90. The van der Waals surface area contributed by atoms with Crippen LogP contribution in [-0.4, -0.2) is 104 Å². The molecule has 0 saturated carbocycles. The van der Waals surface area contributed by atoms with Crippen LogP contribution in [0.1, 0.15) is 87.6 Å². The summed E-state index contributed by atoms with van der Waals surface area (Å²) in [5.41, 5.74) is 0.621. The summed E-state index contributed by atoms with van der Waals surface area (Å²) >= 11 is 0. The Bertz CT molecular complexity index is 1450. The van der Waals surface area contributed by atoms with Gasteiger partial charge in [-0.15, -0.1) is 0 Å². The summed E-state index contributed by atoms with van der Waals surface area (Å²) in [4.78, 5) is 29.7. The number of likely N-dealkylation sites (N-methyl/N-ethyl adjacent to an activating group) is 1. The molecule has 3 heterocycles. The molecule has 0 radical (unpaired) electrons. The Kier molecular flexibility index (Phi) is 9.97. The normalized spacial score (nSPS) is 28.0. The Morgan fingerprint density at radius 3 is 2.23 bits per heavy atom. The third-order valence-electron chi connectivity index (χ3n) is 10.8. The maximum atomic E-state index is 13.1. The SMILES string of the molecule is Cc1ccc([C@]23OC[C@](C(C)(C)O)(O2)[C@@H](O)[C@H](O)[C@H]3O)cc1Cc1ccc(CCCC(=O)N(C)C(C)(C)C(=O)N2CCCCC2)cc1. The number of benzene rings is 2. The van der Waals surface area contributed by atoms with Crippen molar-refractivity contribution in [3.63, 3.8) is 0 Å². The molecule has 2 aromatic rings. The summed E-state index contributed by atoms with van der Waals surface area (Å²) in [6.07, 6.45) is 0.841. The zero-order chi connectivity index (χ0) is 34.4. The van der Waals surface area contributed by atoms with Gasteiger partial charge in [0.15, 0.2) is 5.60 Å². The van der Waals surface area contributed by atoms with E-state index < -0.39 is 40.8 Å². The lowest BCUT2D eigenvalue weighted by Crippen LogP contribution is -2.70. The fraction of sp³-hybridized carbons (Fsp3) is 0.622. The Labute approximate surface area is 278 Å². The standard InChI is InChI=1S/C37H52N2O8/c1-24-13-18-28(37-32(43)30(41)31(42)36(47-37,23-46-37)35(4,5)45)22-27(24)21-26-16-14-25(15-17-26)11-10-12-29(40)38(6)34(2,3)33(44)39-19-8-7-9-20-39/h13-18,22,30-32,41-43,45H,7-12,19-21,23H2,1-6H3/t30-,31-,32+,36-,37-/m0/s1. The van der Waals surface area contributed by atoms with Gasteiger partial charge in [0.2, 0.25) is 17.6 Å². The average molecular weight is 653 g/mol. The molecule has 3 aliphatic rings. The Balaban J connectivity index is 1.21. The number of likely N-dealkylation sites (tertiary alicyclic amines) is 1. The summed E-state index contributed by atoms with van der Waals surface area (Å²) in [7, 11) is 1.73. The number of amides is 2. The molecule has 4 N–H and O–H groups in total. The smallest absolute Gasteiger partial charge is 0.247 e. The van der Waals surface area contributed by atoms with Gasteiger partial charge in [-0.3, -0.25) is 9.59 Å². The van der Waals surface area contributed by atoms with Gasteiger partial charge < -0.3 is 39.7 Å². The first-order valence-corrected chi connectivity index (χ1v) is 16.9.